The molecule has 0 bridgehead atoms. The van der Waals surface area contributed by atoms with E-state index in [1.165, 1.54) is 11.1 Å². The zero-order chi connectivity index (χ0) is 18.9. The van der Waals surface area contributed by atoms with Gasteiger partial charge in [-0.1, -0.05) is 60.7 Å². The van der Waals surface area contributed by atoms with Crippen molar-refractivity contribution < 1.29 is 9.53 Å². The molecule has 0 radical (unpaired) electrons. The Hall–Kier alpha value is -2.72. The lowest BCUT2D eigenvalue weighted by atomic mass is 10.1. The van der Waals surface area contributed by atoms with Crippen LogP contribution in [0.3, 0.4) is 0 Å². The Balaban J connectivity index is 1.49. The van der Waals surface area contributed by atoms with Crippen LogP contribution in [0.15, 0.2) is 78.9 Å². The molecule has 3 nitrogen and oxygen atoms in total. The Labute approximate surface area is 164 Å². The molecule has 3 aromatic rings. The summed E-state index contributed by atoms with van der Waals surface area (Å²) in [5, 5.41) is 2.95. The Bertz CT molecular complexity index is 863. The lowest BCUT2D eigenvalue weighted by Gasteiger charge is -2.10. The van der Waals surface area contributed by atoms with E-state index in [4.69, 9.17) is 4.74 Å². The van der Waals surface area contributed by atoms with Gasteiger partial charge in [0.05, 0.1) is 7.11 Å². The van der Waals surface area contributed by atoms with E-state index in [-0.39, 0.29) is 5.91 Å². The molecule has 3 rings (SSSR count). The molecule has 138 valence electrons. The van der Waals surface area contributed by atoms with Crippen molar-refractivity contribution in [2.45, 2.75) is 18.1 Å². The number of para-hydroxylation sites is 1. The fraction of sp³-hybridized carbons (Fsp3) is 0.174. The summed E-state index contributed by atoms with van der Waals surface area (Å²) in [6.07, 6.45) is 0. The van der Waals surface area contributed by atoms with Gasteiger partial charge in [0.15, 0.2) is 0 Å². The molecule has 0 aliphatic rings. The average Bonchev–Trinajstić information content (AvgIpc) is 2.73. The molecule has 0 saturated carbocycles. The number of amides is 1. The van der Waals surface area contributed by atoms with Gasteiger partial charge < -0.3 is 10.1 Å². The van der Waals surface area contributed by atoms with Crippen LogP contribution < -0.4 is 10.1 Å². The largest absolute Gasteiger partial charge is 0.496 e. The van der Waals surface area contributed by atoms with E-state index < -0.39 is 0 Å². The SMILES string of the molecule is COc1ccccc1CNC(=O)c1ccc(CSCc2ccccc2)cc1. The molecule has 3 aromatic carbocycles. The molecule has 0 unspecified atom stereocenters. The molecule has 0 fully saturated rings. The van der Waals surface area contributed by atoms with Crippen LogP contribution in [0.2, 0.25) is 0 Å². The smallest absolute Gasteiger partial charge is 0.251 e. The highest BCUT2D eigenvalue weighted by Gasteiger charge is 2.07. The van der Waals surface area contributed by atoms with Gasteiger partial charge in [0, 0.05) is 29.2 Å². The van der Waals surface area contributed by atoms with Gasteiger partial charge in [0.25, 0.3) is 5.91 Å². The summed E-state index contributed by atoms with van der Waals surface area (Å²) in [6, 6.07) is 26.0. The number of thioether (sulfide) groups is 1. The van der Waals surface area contributed by atoms with Crippen molar-refractivity contribution in [3.05, 3.63) is 101 Å². The fourth-order valence-corrected chi connectivity index (χ4v) is 3.70. The fourth-order valence-electron chi connectivity index (χ4n) is 2.74. The third-order valence-electron chi connectivity index (χ3n) is 4.23. The highest BCUT2D eigenvalue weighted by molar-refractivity contribution is 7.97. The van der Waals surface area contributed by atoms with E-state index >= 15 is 0 Å². The Kier molecular flexibility index (Phi) is 6.94. The Morgan fingerprint density at radius 1 is 0.852 bits per heavy atom. The number of carbonyl (C=O) groups is 1. The standard InChI is InChI=1S/C23H23NO2S/c1-26-22-10-6-5-9-21(22)15-24-23(25)20-13-11-19(12-14-20)17-27-16-18-7-3-2-4-8-18/h2-14H,15-17H2,1H3,(H,24,25). The molecular formula is C23H23NO2S. The van der Waals surface area contributed by atoms with Crippen LogP contribution in [0.4, 0.5) is 0 Å². The van der Waals surface area contributed by atoms with Gasteiger partial charge in [-0.05, 0) is 29.3 Å². The molecule has 0 aliphatic heterocycles. The van der Waals surface area contributed by atoms with Crippen LogP contribution in [0.5, 0.6) is 5.75 Å². The van der Waals surface area contributed by atoms with Crippen molar-refractivity contribution in [3.63, 3.8) is 0 Å². The van der Waals surface area contributed by atoms with E-state index in [1.54, 1.807) is 7.11 Å². The van der Waals surface area contributed by atoms with E-state index in [9.17, 15) is 4.79 Å². The van der Waals surface area contributed by atoms with Crippen LogP contribution in [0, 0.1) is 0 Å². The average molecular weight is 378 g/mol. The predicted molar refractivity (Wildman–Crippen MR) is 112 cm³/mol. The molecule has 0 spiro atoms. The first kappa shape index (κ1) is 19.1. The topological polar surface area (TPSA) is 38.3 Å². The normalized spacial score (nSPS) is 10.4. The summed E-state index contributed by atoms with van der Waals surface area (Å²) < 4.78 is 5.31. The molecule has 0 aliphatic carbocycles. The summed E-state index contributed by atoms with van der Waals surface area (Å²) in [6.45, 7) is 0.442. The van der Waals surface area contributed by atoms with Crippen LogP contribution in [0.25, 0.3) is 0 Å². The molecule has 0 atom stereocenters. The van der Waals surface area contributed by atoms with E-state index in [0.717, 1.165) is 22.8 Å². The zero-order valence-electron chi connectivity index (χ0n) is 15.4. The minimum atomic E-state index is -0.0793. The third kappa shape index (κ3) is 5.63. The molecule has 0 heterocycles. The summed E-state index contributed by atoms with van der Waals surface area (Å²) >= 11 is 1.87. The van der Waals surface area contributed by atoms with Gasteiger partial charge in [-0.2, -0.15) is 11.8 Å². The van der Waals surface area contributed by atoms with Gasteiger partial charge in [-0.15, -0.1) is 0 Å². The second kappa shape index (κ2) is 9.83. The van der Waals surface area contributed by atoms with Crippen LogP contribution in [-0.4, -0.2) is 13.0 Å². The number of hydrogen-bond donors (Lipinski definition) is 1. The van der Waals surface area contributed by atoms with Crippen LogP contribution >= 0.6 is 11.8 Å². The van der Waals surface area contributed by atoms with Crippen molar-refractivity contribution in [1.82, 2.24) is 5.32 Å². The maximum atomic E-state index is 12.4. The monoisotopic (exact) mass is 377 g/mol. The minimum Gasteiger partial charge on any atom is -0.496 e. The summed E-state index contributed by atoms with van der Waals surface area (Å²) in [5.41, 5.74) is 4.18. The maximum Gasteiger partial charge on any atom is 0.251 e. The number of nitrogens with one attached hydrogen (secondary N) is 1. The van der Waals surface area contributed by atoms with E-state index in [1.807, 2.05) is 66.4 Å². The Morgan fingerprint density at radius 3 is 2.19 bits per heavy atom. The van der Waals surface area contributed by atoms with E-state index in [2.05, 4.69) is 29.6 Å². The summed E-state index contributed by atoms with van der Waals surface area (Å²) in [5.74, 6) is 2.62. The number of ether oxygens (including phenoxy) is 1. The quantitative estimate of drug-likeness (QED) is 0.596. The van der Waals surface area contributed by atoms with Crippen molar-refractivity contribution in [3.8, 4) is 5.75 Å². The molecule has 4 heteroatoms. The molecule has 1 amide bonds. The second-order valence-electron chi connectivity index (χ2n) is 6.17. The summed E-state index contributed by atoms with van der Waals surface area (Å²) in [4.78, 5) is 12.4. The van der Waals surface area contributed by atoms with Crippen LogP contribution in [-0.2, 0) is 18.1 Å². The molecule has 27 heavy (non-hydrogen) atoms. The lowest BCUT2D eigenvalue weighted by Crippen LogP contribution is -2.23. The van der Waals surface area contributed by atoms with Crippen molar-refractivity contribution in [2.24, 2.45) is 0 Å². The molecule has 1 N–H and O–H groups in total. The number of carbonyl (C=O) groups excluding carboxylic acids is 1. The van der Waals surface area contributed by atoms with Crippen LogP contribution in [0.1, 0.15) is 27.0 Å². The zero-order valence-corrected chi connectivity index (χ0v) is 16.2. The van der Waals surface area contributed by atoms with Crippen molar-refractivity contribution in [2.75, 3.05) is 7.11 Å². The Morgan fingerprint density at radius 2 is 1.48 bits per heavy atom. The molecule has 0 aromatic heterocycles. The first-order valence-corrected chi connectivity index (χ1v) is 10.0. The lowest BCUT2D eigenvalue weighted by molar-refractivity contribution is 0.0950. The van der Waals surface area contributed by atoms with Gasteiger partial charge in [-0.3, -0.25) is 4.79 Å². The van der Waals surface area contributed by atoms with Gasteiger partial charge in [-0.25, -0.2) is 0 Å². The van der Waals surface area contributed by atoms with E-state index in [0.29, 0.717) is 12.1 Å². The van der Waals surface area contributed by atoms with Crippen molar-refractivity contribution in [1.29, 1.82) is 0 Å². The first-order valence-electron chi connectivity index (χ1n) is 8.87. The maximum absolute atomic E-state index is 12.4. The minimum absolute atomic E-state index is 0.0793. The molecule has 0 saturated heterocycles. The predicted octanol–water partition coefficient (Wildman–Crippen LogP) is 5.06. The number of methoxy groups -OCH3 is 1. The number of rotatable bonds is 8. The molecular weight excluding hydrogens is 354 g/mol. The van der Waals surface area contributed by atoms with Gasteiger partial charge in [0.2, 0.25) is 0 Å². The number of benzene rings is 3. The number of hydrogen-bond acceptors (Lipinski definition) is 3. The first-order chi connectivity index (χ1) is 13.3. The highest BCUT2D eigenvalue weighted by Crippen LogP contribution is 2.19. The highest BCUT2D eigenvalue weighted by atomic mass is 32.2. The third-order valence-corrected chi connectivity index (χ3v) is 5.30. The van der Waals surface area contributed by atoms with Crippen molar-refractivity contribution >= 4 is 17.7 Å². The van der Waals surface area contributed by atoms with Gasteiger partial charge >= 0.3 is 0 Å². The van der Waals surface area contributed by atoms with Gasteiger partial charge in [0.1, 0.15) is 5.75 Å². The second-order valence-corrected chi connectivity index (χ2v) is 7.16. The summed E-state index contributed by atoms with van der Waals surface area (Å²) in [7, 11) is 1.63.